The van der Waals surface area contributed by atoms with Crippen LogP contribution in [0.15, 0.2) is 5.38 Å². The molecule has 102 valence electrons. The molecule has 0 N–H and O–H groups in total. The van der Waals surface area contributed by atoms with Crippen LogP contribution in [0, 0.1) is 11.8 Å². The molecule has 0 radical (unpaired) electrons. The van der Waals surface area contributed by atoms with E-state index in [4.69, 9.17) is 4.98 Å². The second kappa shape index (κ2) is 6.18. The van der Waals surface area contributed by atoms with Gasteiger partial charge in [-0.3, -0.25) is 0 Å². The summed E-state index contributed by atoms with van der Waals surface area (Å²) in [6.45, 7) is 9.27. The Morgan fingerprint density at radius 2 is 1.89 bits per heavy atom. The van der Waals surface area contributed by atoms with Crippen molar-refractivity contribution in [1.29, 1.82) is 0 Å². The van der Waals surface area contributed by atoms with Gasteiger partial charge < -0.3 is 0 Å². The minimum absolute atomic E-state index is 0.627. The average Bonchev–Trinajstić information content (AvgIpc) is 2.87. The first kappa shape index (κ1) is 14.0. The van der Waals surface area contributed by atoms with E-state index in [1.54, 1.807) is 0 Å². The zero-order chi connectivity index (χ0) is 13.1. The minimum Gasteiger partial charge on any atom is -0.246 e. The molecule has 18 heavy (non-hydrogen) atoms. The van der Waals surface area contributed by atoms with E-state index in [2.05, 4.69) is 33.1 Å². The second-order valence-corrected chi connectivity index (χ2v) is 7.17. The Bertz CT molecular complexity index is 361. The molecule has 0 bridgehead atoms. The molecular formula is C16H27NS. The van der Waals surface area contributed by atoms with Gasteiger partial charge in [-0.05, 0) is 49.9 Å². The molecule has 0 amide bonds. The van der Waals surface area contributed by atoms with E-state index >= 15 is 0 Å². The molecule has 1 aromatic heterocycles. The lowest BCUT2D eigenvalue weighted by Crippen LogP contribution is -2.17. The van der Waals surface area contributed by atoms with Gasteiger partial charge >= 0.3 is 0 Å². The van der Waals surface area contributed by atoms with Crippen LogP contribution in [-0.2, 0) is 0 Å². The molecule has 1 unspecified atom stereocenters. The van der Waals surface area contributed by atoms with Crippen molar-refractivity contribution in [3.8, 4) is 0 Å². The number of thiazole rings is 1. The molecule has 1 aromatic rings. The van der Waals surface area contributed by atoms with Gasteiger partial charge in [0.15, 0.2) is 0 Å². The van der Waals surface area contributed by atoms with Crippen LogP contribution in [0.25, 0.3) is 0 Å². The number of aromatic nitrogens is 1. The number of hydrogen-bond donors (Lipinski definition) is 0. The van der Waals surface area contributed by atoms with E-state index in [0.717, 1.165) is 17.8 Å². The molecule has 0 aromatic carbocycles. The predicted molar refractivity (Wildman–Crippen MR) is 80.4 cm³/mol. The van der Waals surface area contributed by atoms with Gasteiger partial charge in [0.2, 0.25) is 0 Å². The highest BCUT2D eigenvalue weighted by Gasteiger charge is 2.26. The monoisotopic (exact) mass is 265 g/mol. The molecule has 1 saturated carbocycles. The van der Waals surface area contributed by atoms with E-state index in [9.17, 15) is 0 Å². The summed E-state index contributed by atoms with van der Waals surface area (Å²) in [6.07, 6.45) is 6.72. The molecule has 2 rings (SSSR count). The predicted octanol–water partition coefficient (Wildman–Crippen LogP) is 5.59. The first-order chi connectivity index (χ1) is 8.61. The summed E-state index contributed by atoms with van der Waals surface area (Å²) in [7, 11) is 0. The Kier molecular flexibility index (Phi) is 4.83. The maximum absolute atomic E-state index is 4.89. The molecule has 1 atom stereocenters. The summed E-state index contributed by atoms with van der Waals surface area (Å²) in [6, 6.07) is 0. The normalized spacial score (nSPS) is 26.5. The zero-order valence-corrected chi connectivity index (χ0v) is 13.1. The maximum atomic E-state index is 4.89. The van der Waals surface area contributed by atoms with Crippen LogP contribution in [0.1, 0.15) is 82.3 Å². The third kappa shape index (κ3) is 3.14. The quantitative estimate of drug-likeness (QED) is 0.692. The molecular weight excluding hydrogens is 238 g/mol. The Morgan fingerprint density at radius 1 is 1.22 bits per heavy atom. The van der Waals surface area contributed by atoms with E-state index in [-0.39, 0.29) is 0 Å². The van der Waals surface area contributed by atoms with E-state index < -0.39 is 0 Å². The fourth-order valence-electron chi connectivity index (χ4n) is 2.96. The van der Waals surface area contributed by atoms with Crippen molar-refractivity contribution in [3.05, 3.63) is 16.1 Å². The highest BCUT2D eigenvalue weighted by atomic mass is 32.1. The van der Waals surface area contributed by atoms with E-state index in [0.29, 0.717) is 5.92 Å². The van der Waals surface area contributed by atoms with Gasteiger partial charge in [0.1, 0.15) is 0 Å². The van der Waals surface area contributed by atoms with Crippen molar-refractivity contribution in [1.82, 2.24) is 4.98 Å². The number of rotatable bonds is 4. The van der Waals surface area contributed by atoms with Gasteiger partial charge in [-0.2, -0.15) is 0 Å². The summed E-state index contributed by atoms with van der Waals surface area (Å²) < 4.78 is 0. The van der Waals surface area contributed by atoms with Crippen molar-refractivity contribution in [2.45, 2.75) is 71.6 Å². The summed E-state index contributed by atoms with van der Waals surface area (Å²) in [4.78, 5) is 4.89. The zero-order valence-electron chi connectivity index (χ0n) is 12.3. The molecule has 0 spiro atoms. The smallest absolute Gasteiger partial charge is 0.0959 e. The molecule has 1 aliphatic rings. The number of nitrogens with zero attached hydrogens (tertiary/aromatic N) is 1. The minimum atomic E-state index is 0.627. The van der Waals surface area contributed by atoms with Gasteiger partial charge in [0, 0.05) is 11.3 Å². The summed E-state index contributed by atoms with van der Waals surface area (Å²) in [5.41, 5.74) is 1.32. The fraction of sp³-hybridized carbons (Fsp3) is 0.812. The molecule has 1 nitrogen and oxygen atoms in total. The topological polar surface area (TPSA) is 12.9 Å². The van der Waals surface area contributed by atoms with E-state index in [1.165, 1.54) is 42.8 Å². The summed E-state index contributed by atoms with van der Waals surface area (Å²) in [5.74, 6) is 3.19. The largest absolute Gasteiger partial charge is 0.246 e. The highest BCUT2D eigenvalue weighted by Crippen LogP contribution is 2.40. The molecule has 1 fully saturated rings. The van der Waals surface area contributed by atoms with Crippen LogP contribution < -0.4 is 0 Å². The van der Waals surface area contributed by atoms with Crippen LogP contribution in [0.2, 0.25) is 0 Å². The van der Waals surface area contributed by atoms with Crippen molar-refractivity contribution in [2.24, 2.45) is 11.8 Å². The number of hydrogen-bond acceptors (Lipinski definition) is 2. The first-order valence-electron chi connectivity index (χ1n) is 7.57. The lowest BCUT2D eigenvalue weighted by Gasteiger charge is -2.29. The van der Waals surface area contributed by atoms with Crippen molar-refractivity contribution >= 4 is 11.3 Å². The van der Waals surface area contributed by atoms with Crippen LogP contribution in [0.4, 0.5) is 0 Å². The van der Waals surface area contributed by atoms with Crippen LogP contribution in [0.5, 0.6) is 0 Å². The Morgan fingerprint density at radius 3 is 2.44 bits per heavy atom. The SMILES string of the molecule is CCC(C)c1csc(C2CCC(C(C)C)CC2)n1. The molecule has 1 heterocycles. The maximum Gasteiger partial charge on any atom is 0.0959 e. The standard InChI is InChI=1S/C16H27NS/c1-5-12(4)15-10-18-16(17-15)14-8-6-13(7-9-14)11(2)3/h10-14H,5-9H2,1-4H3. The van der Waals surface area contributed by atoms with Gasteiger partial charge in [-0.25, -0.2) is 4.98 Å². The van der Waals surface area contributed by atoms with Crippen molar-refractivity contribution in [3.63, 3.8) is 0 Å². The highest BCUT2D eigenvalue weighted by molar-refractivity contribution is 7.09. The van der Waals surface area contributed by atoms with Gasteiger partial charge in [-0.15, -0.1) is 11.3 Å². The van der Waals surface area contributed by atoms with Crippen LogP contribution in [0.3, 0.4) is 0 Å². The summed E-state index contributed by atoms with van der Waals surface area (Å²) >= 11 is 1.90. The van der Waals surface area contributed by atoms with Crippen LogP contribution in [-0.4, -0.2) is 4.98 Å². The third-order valence-corrected chi connectivity index (χ3v) is 5.75. The van der Waals surface area contributed by atoms with Gasteiger partial charge in [0.25, 0.3) is 0 Å². The van der Waals surface area contributed by atoms with Gasteiger partial charge in [0.05, 0.1) is 10.7 Å². The molecule has 0 aliphatic heterocycles. The van der Waals surface area contributed by atoms with E-state index in [1.807, 2.05) is 11.3 Å². The Labute approximate surface area is 116 Å². The molecule has 2 heteroatoms. The molecule has 0 saturated heterocycles. The Hall–Kier alpha value is -0.370. The van der Waals surface area contributed by atoms with Crippen molar-refractivity contribution < 1.29 is 0 Å². The third-order valence-electron chi connectivity index (χ3n) is 4.72. The Balaban J connectivity index is 1.95. The lowest BCUT2D eigenvalue weighted by molar-refractivity contribution is 0.258. The lowest BCUT2D eigenvalue weighted by atomic mass is 9.77. The van der Waals surface area contributed by atoms with Crippen molar-refractivity contribution in [2.75, 3.05) is 0 Å². The van der Waals surface area contributed by atoms with Gasteiger partial charge in [-0.1, -0.05) is 27.7 Å². The molecule has 1 aliphatic carbocycles. The first-order valence-corrected chi connectivity index (χ1v) is 8.45. The second-order valence-electron chi connectivity index (χ2n) is 6.28. The average molecular weight is 265 g/mol. The van der Waals surface area contributed by atoms with Crippen LogP contribution >= 0.6 is 11.3 Å². The summed E-state index contributed by atoms with van der Waals surface area (Å²) in [5, 5.41) is 3.70. The fourth-order valence-corrected chi connectivity index (χ4v) is 4.07.